The molecule has 6 heteroatoms. The molecule has 2 aromatic rings. The zero-order chi connectivity index (χ0) is 13.1. The molecule has 1 heterocycles. The molecule has 0 aliphatic heterocycles. The first kappa shape index (κ1) is 11.6. The van der Waals surface area contributed by atoms with Crippen LogP contribution in [0.1, 0.15) is 16.8 Å². The van der Waals surface area contributed by atoms with Gasteiger partial charge >= 0.3 is 0 Å². The van der Waals surface area contributed by atoms with E-state index in [1.165, 1.54) is 10.7 Å². The van der Waals surface area contributed by atoms with E-state index < -0.39 is 0 Å². The molecular weight excluding hydrogens is 233 g/mol. The number of aromatic nitrogens is 2. The van der Waals surface area contributed by atoms with Gasteiger partial charge in [-0.05, 0) is 6.07 Å². The minimum atomic E-state index is -0.385. The lowest BCUT2D eigenvalue weighted by Gasteiger charge is -2.04. The number of rotatable bonds is 2. The van der Waals surface area contributed by atoms with Crippen molar-refractivity contribution in [1.82, 2.24) is 9.78 Å². The molecule has 0 saturated heterocycles. The molecule has 0 fully saturated rings. The highest BCUT2D eigenvalue weighted by molar-refractivity contribution is 5.56. The Labute approximate surface area is 102 Å². The second-order valence-corrected chi connectivity index (χ2v) is 3.58. The van der Waals surface area contributed by atoms with Gasteiger partial charge in [-0.1, -0.05) is 18.2 Å². The van der Waals surface area contributed by atoms with Crippen LogP contribution in [0, 0.1) is 28.5 Å². The molecule has 1 aromatic heterocycles. The van der Waals surface area contributed by atoms with Crippen LogP contribution in [0.3, 0.4) is 0 Å². The van der Waals surface area contributed by atoms with E-state index in [1.807, 2.05) is 6.07 Å². The summed E-state index contributed by atoms with van der Waals surface area (Å²) in [5, 5.41) is 21.5. The molecule has 1 aromatic carbocycles. The molecule has 0 amide bonds. The first-order valence-corrected chi connectivity index (χ1v) is 5.07. The van der Waals surface area contributed by atoms with Gasteiger partial charge in [0.15, 0.2) is 5.69 Å². The van der Waals surface area contributed by atoms with E-state index in [-0.39, 0.29) is 29.4 Å². The molecule has 2 rings (SSSR count). The summed E-state index contributed by atoms with van der Waals surface area (Å²) in [6.45, 7) is 0.0782. The van der Waals surface area contributed by atoms with E-state index in [9.17, 15) is 4.39 Å². The van der Waals surface area contributed by atoms with E-state index in [2.05, 4.69) is 5.10 Å². The Morgan fingerprint density at radius 1 is 1.28 bits per heavy atom. The molecule has 0 unspecified atom stereocenters. The van der Waals surface area contributed by atoms with Crippen molar-refractivity contribution >= 4 is 5.82 Å². The van der Waals surface area contributed by atoms with Crippen molar-refractivity contribution in [3.05, 3.63) is 46.9 Å². The quantitative estimate of drug-likeness (QED) is 0.860. The maximum Gasteiger partial charge on any atom is 0.182 e. The van der Waals surface area contributed by atoms with Crippen molar-refractivity contribution in [1.29, 1.82) is 10.5 Å². The van der Waals surface area contributed by atoms with Gasteiger partial charge in [-0.25, -0.2) is 9.07 Å². The molecule has 2 N–H and O–H groups in total. The van der Waals surface area contributed by atoms with Crippen LogP contribution in [0.5, 0.6) is 0 Å². The fourth-order valence-corrected chi connectivity index (χ4v) is 1.57. The van der Waals surface area contributed by atoms with E-state index in [0.717, 1.165) is 0 Å². The van der Waals surface area contributed by atoms with Crippen LogP contribution in [0.2, 0.25) is 0 Å². The van der Waals surface area contributed by atoms with Gasteiger partial charge in [0, 0.05) is 5.56 Å². The van der Waals surface area contributed by atoms with Gasteiger partial charge in [-0.3, -0.25) is 0 Å². The number of nitrogens with zero attached hydrogens (tertiary/aromatic N) is 4. The molecule has 0 saturated carbocycles. The highest BCUT2D eigenvalue weighted by Crippen LogP contribution is 2.17. The first-order chi connectivity index (χ1) is 8.67. The lowest BCUT2D eigenvalue weighted by molar-refractivity contribution is 0.587. The van der Waals surface area contributed by atoms with Crippen LogP contribution in [-0.4, -0.2) is 9.78 Å². The lowest BCUT2D eigenvalue weighted by Crippen LogP contribution is -2.07. The Morgan fingerprint density at radius 2 is 2.00 bits per heavy atom. The fraction of sp³-hybridized carbons (Fsp3) is 0.0833. The highest BCUT2D eigenvalue weighted by Gasteiger charge is 2.15. The summed E-state index contributed by atoms with van der Waals surface area (Å²) in [5.74, 6) is -0.318. The average Bonchev–Trinajstić information content (AvgIpc) is 2.68. The largest absolute Gasteiger partial charge is 0.383 e. The second kappa shape index (κ2) is 4.56. The third-order valence-corrected chi connectivity index (χ3v) is 2.49. The third-order valence-electron chi connectivity index (χ3n) is 2.49. The van der Waals surface area contributed by atoms with Crippen LogP contribution in [0.15, 0.2) is 24.3 Å². The van der Waals surface area contributed by atoms with Crippen molar-refractivity contribution < 1.29 is 4.39 Å². The maximum atomic E-state index is 13.5. The number of halogens is 1. The van der Waals surface area contributed by atoms with Gasteiger partial charge in [-0.2, -0.15) is 15.6 Å². The summed E-state index contributed by atoms with van der Waals surface area (Å²) in [7, 11) is 0. The monoisotopic (exact) mass is 241 g/mol. The van der Waals surface area contributed by atoms with Crippen molar-refractivity contribution in [2.75, 3.05) is 5.73 Å². The lowest BCUT2D eigenvalue weighted by atomic mass is 10.2. The van der Waals surface area contributed by atoms with Gasteiger partial charge in [0.25, 0.3) is 0 Å². The molecular formula is C12H8FN5. The number of nitrogen functional groups attached to an aromatic ring is 1. The van der Waals surface area contributed by atoms with Gasteiger partial charge in [-0.15, -0.1) is 0 Å². The number of hydrogen-bond acceptors (Lipinski definition) is 4. The smallest absolute Gasteiger partial charge is 0.182 e. The van der Waals surface area contributed by atoms with Gasteiger partial charge < -0.3 is 5.73 Å². The Kier molecular flexibility index (Phi) is 2.94. The van der Waals surface area contributed by atoms with E-state index >= 15 is 0 Å². The Bertz CT molecular complexity index is 675. The van der Waals surface area contributed by atoms with Crippen LogP contribution < -0.4 is 5.73 Å². The van der Waals surface area contributed by atoms with Gasteiger partial charge in [0.05, 0.1) is 6.54 Å². The van der Waals surface area contributed by atoms with Crippen LogP contribution in [0.25, 0.3) is 0 Å². The molecule has 0 aliphatic rings. The number of hydrogen-bond donors (Lipinski definition) is 1. The molecule has 0 bridgehead atoms. The predicted octanol–water partition coefficient (Wildman–Crippen LogP) is 1.40. The minimum absolute atomic E-state index is 0.0221. The van der Waals surface area contributed by atoms with Gasteiger partial charge in [0.1, 0.15) is 29.3 Å². The normalized spacial score (nSPS) is 9.72. The fourth-order valence-electron chi connectivity index (χ4n) is 1.57. The summed E-state index contributed by atoms with van der Waals surface area (Å²) in [6, 6.07) is 9.77. The van der Waals surface area contributed by atoms with Crippen molar-refractivity contribution in [3.63, 3.8) is 0 Å². The third kappa shape index (κ3) is 1.87. The average molecular weight is 241 g/mol. The van der Waals surface area contributed by atoms with Crippen LogP contribution >= 0.6 is 0 Å². The number of benzene rings is 1. The summed E-state index contributed by atoms with van der Waals surface area (Å²) in [6.07, 6.45) is 0. The summed E-state index contributed by atoms with van der Waals surface area (Å²) < 4.78 is 14.7. The Balaban J connectivity index is 2.43. The number of nitriles is 2. The van der Waals surface area contributed by atoms with Gasteiger partial charge in [0.2, 0.25) is 0 Å². The molecule has 0 aliphatic carbocycles. The zero-order valence-corrected chi connectivity index (χ0v) is 9.26. The standard InChI is InChI=1S/C12H8FN5/c13-10-4-2-1-3-8(10)7-18-12(16)9(5-14)11(6-15)17-18/h1-4H,7,16H2. The maximum absolute atomic E-state index is 13.5. The molecule has 0 atom stereocenters. The highest BCUT2D eigenvalue weighted by atomic mass is 19.1. The zero-order valence-electron chi connectivity index (χ0n) is 9.26. The van der Waals surface area contributed by atoms with Crippen LogP contribution in [0.4, 0.5) is 10.2 Å². The second-order valence-electron chi connectivity index (χ2n) is 3.58. The topological polar surface area (TPSA) is 91.4 Å². The number of nitrogens with two attached hydrogens (primary N) is 1. The van der Waals surface area contributed by atoms with E-state index in [4.69, 9.17) is 16.3 Å². The molecule has 0 radical (unpaired) electrons. The Morgan fingerprint density at radius 3 is 2.56 bits per heavy atom. The SMILES string of the molecule is N#Cc1nn(Cc2ccccc2F)c(N)c1C#N. The summed E-state index contributed by atoms with van der Waals surface area (Å²) in [4.78, 5) is 0. The van der Waals surface area contributed by atoms with Crippen molar-refractivity contribution in [3.8, 4) is 12.1 Å². The molecule has 0 spiro atoms. The molecule has 88 valence electrons. The molecule has 5 nitrogen and oxygen atoms in total. The van der Waals surface area contributed by atoms with E-state index in [0.29, 0.717) is 5.56 Å². The van der Waals surface area contributed by atoms with E-state index in [1.54, 1.807) is 24.3 Å². The summed E-state index contributed by atoms with van der Waals surface area (Å²) >= 11 is 0. The van der Waals surface area contributed by atoms with Crippen molar-refractivity contribution in [2.45, 2.75) is 6.54 Å². The molecule has 18 heavy (non-hydrogen) atoms. The summed E-state index contributed by atoms with van der Waals surface area (Å²) in [5.41, 5.74) is 6.05. The van der Waals surface area contributed by atoms with Crippen molar-refractivity contribution in [2.24, 2.45) is 0 Å². The first-order valence-electron chi connectivity index (χ1n) is 5.07. The van der Waals surface area contributed by atoms with Crippen LogP contribution in [-0.2, 0) is 6.54 Å². The Hall–Kier alpha value is -2.86. The predicted molar refractivity (Wildman–Crippen MR) is 61.6 cm³/mol. The number of anilines is 1. The minimum Gasteiger partial charge on any atom is -0.383 e.